The Morgan fingerprint density at radius 1 is 1.38 bits per heavy atom. The highest BCUT2D eigenvalue weighted by atomic mass is 19.1. The molecule has 5 heteroatoms. The zero-order valence-electron chi connectivity index (χ0n) is 12.7. The molecular weight excluding hydrogens is 274 g/mol. The number of likely N-dealkylation sites (N-methyl/N-ethyl adjacent to an activating group) is 1. The zero-order valence-corrected chi connectivity index (χ0v) is 12.7. The van der Waals surface area contributed by atoms with Gasteiger partial charge in [-0.3, -0.25) is 0 Å². The van der Waals surface area contributed by atoms with Crippen molar-refractivity contribution in [1.29, 1.82) is 0 Å². The average molecular weight is 298 g/mol. The lowest BCUT2D eigenvalue weighted by atomic mass is 10.1. The van der Waals surface area contributed by atoms with E-state index in [1.165, 1.54) is 12.1 Å². The van der Waals surface area contributed by atoms with Crippen molar-refractivity contribution >= 4 is 5.69 Å². The van der Waals surface area contributed by atoms with E-state index < -0.39 is 11.6 Å². The van der Waals surface area contributed by atoms with Crippen LogP contribution in [0.4, 0.5) is 14.5 Å². The summed E-state index contributed by atoms with van der Waals surface area (Å²) in [6.07, 6.45) is 2.49. The van der Waals surface area contributed by atoms with Gasteiger partial charge in [-0.2, -0.15) is 0 Å². The van der Waals surface area contributed by atoms with Crippen LogP contribution >= 0.6 is 0 Å². The second-order valence-corrected chi connectivity index (χ2v) is 5.76. The lowest BCUT2D eigenvalue weighted by Gasteiger charge is -2.27. The molecule has 0 bridgehead atoms. The largest absolute Gasteiger partial charge is 0.376 e. The molecule has 0 aromatic heterocycles. The number of rotatable bonds is 6. The Kier molecular flexibility index (Phi) is 5.53. The number of ether oxygens (including phenoxy) is 1. The van der Waals surface area contributed by atoms with E-state index in [4.69, 9.17) is 10.5 Å². The molecule has 1 saturated heterocycles. The van der Waals surface area contributed by atoms with Crippen LogP contribution in [0.25, 0.3) is 0 Å². The van der Waals surface area contributed by atoms with Crippen LogP contribution in [0.2, 0.25) is 0 Å². The Hall–Kier alpha value is -1.20. The average Bonchev–Trinajstić information content (AvgIpc) is 2.88. The summed E-state index contributed by atoms with van der Waals surface area (Å²) in [6.45, 7) is 5.51. The molecule has 0 saturated carbocycles. The smallest absolute Gasteiger partial charge is 0.149 e. The first kappa shape index (κ1) is 16.2. The summed E-state index contributed by atoms with van der Waals surface area (Å²) in [4.78, 5) is 1.72. The molecule has 1 aromatic carbocycles. The Morgan fingerprint density at radius 3 is 2.52 bits per heavy atom. The first-order valence-electron chi connectivity index (χ1n) is 7.61. The third-order valence-electron chi connectivity index (χ3n) is 3.78. The molecule has 118 valence electrons. The van der Waals surface area contributed by atoms with Crippen LogP contribution in [0.5, 0.6) is 0 Å². The zero-order chi connectivity index (χ0) is 15.4. The monoisotopic (exact) mass is 298 g/mol. The van der Waals surface area contributed by atoms with Crippen molar-refractivity contribution in [3.63, 3.8) is 0 Å². The van der Waals surface area contributed by atoms with Crippen molar-refractivity contribution in [1.82, 2.24) is 0 Å². The van der Waals surface area contributed by atoms with E-state index in [1.807, 2.05) is 13.8 Å². The van der Waals surface area contributed by atoms with E-state index in [0.29, 0.717) is 25.1 Å². The third kappa shape index (κ3) is 4.14. The number of hydrogen-bond donors (Lipinski definition) is 1. The van der Waals surface area contributed by atoms with Gasteiger partial charge in [0.25, 0.3) is 0 Å². The highest BCUT2D eigenvalue weighted by Crippen LogP contribution is 2.27. The SMILES string of the molecule is CCN(CC1CCCO1)c1c(F)cc(CC(C)N)cc1F. The third-order valence-corrected chi connectivity index (χ3v) is 3.78. The van der Waals surface area contributed by atoms with Gasteiger partial charge in [0.2, 0.25) is 0 Å². The van der Waals surface area contributed by atoms with Crippen molar-refractivity contribution in [2.24, 2.45) is 5.73 Å². The maximum Gasteiger partial charge on any atom is 0.149 e. The van der Waals surface area contributed by atoms with Gasteiger partial charge >= 0.3 is 0 Å². The molecule has 0 amide bonds. The number of hydrogen-bond acceptors (Lipinski definition) is 3. The van der Waals surface area contributed by atoms with Crippen LogP contribution in [0, 0.1) is 11.6 Å². The van der Waals surface area contributed by atoms with Crippen molar-refractivity contribution in [3.05, 3.63) is 29.3 Å². The molecule has 0 radical (unpaired) electrons. The van der Waals surface area contributed by atoms with E-state index in [1.54, 1.807) is 4.90 Å². The standard InChI is InChI=1S/C16H24F2N2O/c1-3-20(10-13-5-4-6-21-13)16-14(17)8-12(7-11(2)19)9-15(16)18/h8-9,11,13H,3-7,10,19H2,1-2H3. The minimum atomic E-state index is -0.523. The summed E-state index contributed by atoms with van der Waals surface area (Å²) < 4.78 is 34.2. The van der Waals surface area contributed by atoms with Crippen LogP contribution in [0.1, 0.15) is 32.3 Å². The van der Waals surface area contributed by atoms with Crippen molar-refractivity contribution in [2.45, 2.75) is 45.3 Å². The van der Waals surface area contributed by atoms with Gasteiger partial charge in [0, 0.05) is 25.7 Å². The van der Waals surface area contributed by atoms with Crippen molar-refractivity contribution < 1.29 is 13.5 Å². The van der Waals surface area contributed by atoms with Gasteiger partial charge in [0.05, 0.1) is 6.10 Å². The molecule has 2 atom stereocenters. The van der Waals surface area contributed by atoms with E-state index in [0.717, 1.165) is 19.4 Å². The molecule has 21 heavy (non-hydrogen) atoms. The molecule has 1 aliphatic heterocycles. The van der Waals surface area contributed by atoms with E-state index >= 15 is 0 Å². The first-order valence-corrected chi connectivity index (χ1v) is 7.61. The molecule has 0 spiro atoms. The molecule has 3 nitrogen and oxygen atoms in total. The van der Waals surface area contributed by atoms with Crippen LogP contribution in [0.15, 0.2) is 12.1 Å². The summed E-state index contributed by atoms with van der Waals surface area (Å²) >= 11 is 0. The fraction of sp³-hybridized carbons (Fsp3) is 0.625. The summed E-state index contributed by atoms with van der Waals surface area (Å²) in [5.74, 6) is -1.05. The number of benzene rings is 1. The Bertz CT molecular complexity index is 450. The van der Waals surface area contributed by atoms with Gasteiger partial charge in [-0.15, -0.1) is 0 Å². The van der Waals surface area contributed by atoms with Gasteiger partial charge in [0.15, 0.2) is 0 Å². The summed E-state index contributed by atoms with van der Waals surface area (Å²) in [5, 5.41) is 0. The van der Waals surface area contributed by atoms with E-state index in [-0.39, 0.29) is 17.8 Å². The van der Waals surface area contributed by atoms with Crippen LogP contribution in [-0.4, -0.2) is 31.8 Å². The van der Waals surface area contributed by atoms with Crippen molar-refractivity contribution in [3.8, 4) is 0 Å². The summed E-state index contributed by atoms with van der Waals surface area (Å²) in [6, 6.07) is 2.66. The Morgan fingerprint density at radius 2 is 2.05 bits per heavy atom. The number of nitrogens with two attached hydrogens (primary N) is 1. The number of halogens is 2. The quantitative estimate of drug-likeness (QED) is 0.877. The molecule has 1 aromatic rings. The van der Waals surface area contributed by atoms with Crippen molar-refractivity contribution in [2.75, 3.05) is 24.6 Å². The van der Waals surface area contributed by atoms with Crippen LogP contribution < -0.4 is 10.6 Å². The van der Waals surface area contributed by atoms with Crippen LogP contribution in [0.3, 0.4) is 0 Å². The molecule has 1 heterocycles. The number of anilines is 1. The van der Waals surface area contributed by atoms with Crippen LogP contribution in [-0.2, 0) is 11.2 Å². The second-order valence-electron chi connectivity index (χ2n) is 5.76. The molecule has 2 unspecified atom stereocenters. The Labute approximate surface area is 125 Å². The second kappa shape index (κ2) is 7.18. The summed E-state index contributed by atoms with van der Waals surface area (Å²) in [5.41, 5.74) is 6.32. The minimum absolute atomic E-state index is 0.0430. The Balaban J connectivity index is 2.19. The minimum Gasteiger partial charge on any atom is -0.376 e. The van der Waals surface area contributed by atoms with E-state index in [2.05, 4.69) is 0 Å². The normalized spacial score (nSPS) is 19.8. The predicted octanol–water partition coefficient (Wildman–Crippen LogP) is 2.86. The van der Waals surface area contributed by atoms with Gasteiger partial charge in [-0.1, -0.05) is 0 Å². The molecule has 1 fully saturated rings. The van der Waals surface area contributed by atoms with Gasteiger partial charge < -0.3 is 15.4 Å². The highest BCUT2D eigenvalue weighted by molar-refractivity contribution is 5.51. The maximum absolute atomic E-state index is 14.3. The lowest BCUT2D eigenvalue weighted by Crippen LogP contribution is -2.33. The van der Waals surface area contributed by atoms with E-state index in [9.17, 15) is 8.78 Å². The van der Waals surface area contributed by atoms with Gasteiger partial charge in [-0.25, -0.2) is 8.78 Å². The van der Waals surface area contributed by atoms with Gasteiger partial charge in [-0.05, 0) is 50.8 Å². The molecule has 1 aliphatic rings. The first-order chi connectivity index (χ1) is 10.0. The summed E-state index contributed by atoms with van der Waals surface area (Å²) in [7, 11) is 0. The fourth-order valence-electron chi connectivity index (χ4n) is 2.82. The predicted molar refractivity (Wildman–Crippen MR) is 80.6 cm³/mol. The number of nitrogens with zero attached hydrogens (tertiary/aromatic N) is 1. The lowest BCUT2D eigenvalue weighted by molar-refractivity contribution is 0.115. The maximum atomic E-state index is 14.3. The fourth-order valence-corrected chi connectivity index (χ4v) is 2.82. The molecule has 2 N–H and O–H groups in total. The molecule has 2 rings (SSSR count). The van der Waals surface area contributed by atoms with Gasteiger partial charge in [0.1, 0.15) is 17.3 Å². The molecule has 0 aliphatic carbocycles. The molecular formula is C16H24F2N2O. The highest BCUT2D eigenvalue weighted by Gasteiger charge is 2.23. The topological polar surface area (TPSA) is 38.5 Å².